The Balaban J connectivity index is 2.00. The smallest absolute Gasteiger partial charge is 0.119 e. The summed E-state index contributed by atoms with van der Waals surface area (Å²) in [5.41, 5.74) is 2.84. The molecule has 0 amide bonds. The highest BCUT2D eigenvalue weighted by molar-refractivity contribution is 5.39. The molecule has 0 spiro atoms. The number of unbranched alkanes of at least 4 members (excludes halogenated alkanes) is 1. The fourth-order valence-corrected chi connectivity index (χ4v) is 2.68. The molecule has 0 saturated heterocycles. The van der Waals surface area contributed by atoms with E-state index in [0.29, 0.717) is 19.1 Å². The van der Waals surface area contributed by atoms with Crippen molar-refractivity contribution in [3.8, 4) is 11.8 Å². The molecule has 0 bridgehead atoms. The molecule has 19 heavy (non-hydrogen) atoms. The van der Waals surface area contributed by atoms with Gasteiger partial charge in [0.2, 0.25) is 0 Å². The molecule has 102 valence electrons. The molecule has 1 aliphatic rings. The first-order chi connectivity index (χ1) is 9.35. The molecule has 2 rings (SSSR count). The molecule has 3 nitrogen and oxygen atoms in total. The summed E-state index contributed by atoms with van der Waals surface area (Å²) in [6.45, 7) is 3.79. The topological polar surface area (TPSA) is 45.0 Å². The second-order valence-corrected chi connectivity index (χ2v) is 4.97. The zero-order valence-corrected chi connectivity index (χ0v) is 11.6. The van der Waals surface area contributed by atoms with Crippen molar-refractivity contribution in [2.75, 3.05) is 13.2 Å². The van der Waals surface area contributed by atoms with Gasteiger partial charge in [0.25, 0.3) is 0 Å². The zero-order chi connectivity index (χ0) is 13.5. The Morgan fingerprint density at radius 3 is 3.16 bits per heavy atom. The van der Waals surface area contributed by atoms with Crippen LogP contribution in [0.5, 0.6) is 5.75 Å². The fourth-order valence-electron chi connectivity index (χ4n) is 2.68. The van der Waals surface area contributed by atoms with Gasteiger partial charge in [-0.2, -0.15) is 5.26 Å². The van der Waals surface area contributed by atoms with Crippen LogP contribution in [-0.2, 0) is 6.42 Å². The van der Waals surface area contributed by atoms with Crippen molar-refractivity contribution in [3.05, 3.63) is 29.3 Å². The molecule has 1 aliphatic carbocycles. The van der Waals surface area contributed by atoms with Crippen molar-refractivity contribution in [2.45, 2.75) is 45.1 Å². The third-order valence-electron chi connectivity index (χ3n) is 3.58. The first-order valence-electron chi connectivity index (χ1n) is 7.21. The number of nitrogens with zero attached hydrogens (tertiary/aromatic N) is 1. The van der Waals surface area contributed by atoms with E-state index in [1.54, 1.807) is 0 Å². The molecule has 0 radical (unpaired) electrons. The molecule has 0 fully saturated rings. The third-order valence-corrected chi connectivity index (χ3v) is 3.58. The van der Waals surface area contributed by atoms with Crippen LogP contribution < -0.4 is 10.1 Å². The average Bonchev–Trinajstić information content (AvgIpc) is 2.44. The van der Waals surface area contributed by atoms with Crippen LogP contribution in [0.4, 0.5) is 0 Å². The van der Waals surface area contributed by atoms with Crippen molar-refractivity contribution in [3.63, 3.8) is 0 Å². The third kappa shape index (κ3) is 3.71. The Morgan fingerprint density at radius 1 is 1.47 bits per heavy atom. The van der Waals surface area contributed by atoms with E-state index in [9.17, 15) is 0 Å². The standard InChI is InChI=1S/C16H22N2O/c1-2-18-16-7-5-6-13-12-14(8-9-15(13)16)19-11-4-3-10-17/h8-9,12,16,18H,2-7,11H2,1H3. The van der Waals surface area contributed by atoms with Crippen LogP contribution in [0, 0.1) is 11.3 Å². The number of rotatable bonds is 6. The number of fused-ring (bicyclic) bond motifs is 1. The lowest BCUT2D eigenvalue weighted by Gasteiger charge is -2.26. The lowest BCUT2D eigenvalue weighted by atomic mass is 9.87. The summed E-state index contributed by atoms with van der Waals surface area (Å²) in [5.74, 6) is 0.939. The minimum absolute atomic E-state index is 0.501. The minimum Gasteiger partial charge on any atom is -0.494 e. The fraction of sp³-hybridized carbons (Fsp3) is 0.562. The van der Waals surface area contributed by atoms with Crippen LogP contribution in [0.3, 0.4) is 0 Å². The van der Waals surface area contributed by atoms with E-state index in [2.05, 4.69) is 36.5 Å². The summed E-state index contributed by atoms with van der Waals surface area (Å²) in [5, 5.41) is 12.0. The van der Waals surface area contributed by atoms with Gasteiger partial charge in [0, 0.05) is 12.5 Å². The van der Waals surface area contributed by atoms with Crippen LogP contribution >= 0.6 is 0 Å². The van der Waals surface area contributed by atoms with E-state index < -0.39 is 0 Å². The molecule has 1 atom stereocenters. The molecular weight excluding hydrogens is 236 g/mol. The predicted octanol–water partition coefficient (Wildman–Crippen LogP) is 3.36. The number of nitriles is 1. The van der Waals surface area contributed by atoms with Gasteiger partial charge in [0.15, 0.2) is 0 Å². The average molecular weight is 258 g/mol. The van der Waals surface area contributed by atoms with Crippen molar-refractivity contribution in [2.24, 2.45) is 0 Å². The quantitative estimate of drug-likeness (QED) is 0.796. The molecule has 0 aliphatic heterocycles. The lowest BCUT2D eigenvalue weighted by Crippen LogP contribution is -2.24. The molecular formula is C16H22N2O. The van der Waals surface area contributed by atoms with Gasteiger partial charge in [0.05, 0.1) is 12.7 Å². The Morgan fingerprint density at radius 2 is 2.37 bits per heavy atom. The Labute approximate surface area is 115 Å². The van der Waals surface area contributed by atoms with E-state index in [-0.39, 0.29) is 0 Å². The van der Waals surface area contributed by atoms with Crippen molar-refractivity contribution >= 4 is 0 Å². The van der Waals surface area contributed by atoms with Gasteiger partial charge >= 0.3 is 0 Å². The van der Waals surface area contributed by atoms with Gasteiger partial charge in [-0.15, -0.1) is 0 Å². The van der Waals surface area contributed by atoms with E-state index in [1.165, 1.54) is 24.0 Å². The van der Waals surface area contributed by atoms with Crippen LogP contribution in [0.1, 0.15) is 49.8 Å². The maximum atomic E-state index is 8.49. The maximum absolute atomic E-state index is 8.49. The van der Waals surface area contributed by atoms with Gasteiger partial charge in [-0.25, -0.2) is 0 Å². The van der Waals surface area contributed by atoms with E-state index in [1.807, 2.05) is 0 Å². The van der Waals surface area contributed by atoms with Crippen LogP contribution in [-0.4, -0.2) is 13.2 Å². The molecule has 0 heterocycles. The first kappa shape index (κ1) is 13.9. The van der Waals surface area contributed by atoms with Gasteiger partial charge in [-0.05, 0) is 55.5 Å². The number of ether oxygens (including phenoxy) is 1. The molecule has 1 aromatic carbocycles. The van der Waals surface area contributed by atoms with E-state index in [0.717, 1.165) is 25.1 Å². The summed E-state index contributed by atoms with van der Waals surface area (Å²) in [6.07, 6.45) is 4.97. The Kier molecular flexibility index (Phi) is 5.23. The van der Waals surface area contributed by atoms with Crippen LogP contribution in [0.25, 0.3) is 0 Å². The molecule has 0 saturated carbocycles. The number of hydrogen-bond acceptors (Lipinski definition) is 3. The normalized spacial score (nSPS) is 17.6. The molecule has 1 N–H and O–H groups in total. The number of hydrogen-bond donors (Lipinski definition) is 1. The summed E-state index contributed by atoms with van der Waals surface area (Å²) in [4.78, 5) is 0. The highest BCUT2D eigenvalue weighted by Gasteiger charge is 2.19. The summed E-state index contributed by atoms with van der Waals surface area (Å²) >= 11 is 0. The first-order valence-corrected chi connectivity index (χ1v) is 7.21. The monoisotopic (exact) mass is 258 g/mol. The van der Waals surface area contributed by atoms with Crippen molar-refractivity contribution < 1.29 is 4.74 Å². The van der Waals surface area contributed by atoms with E-state index in [4.69, 9.17) is 10.00 Å². The lowest BCUT2D eigenvalue weighted by molar-refractivity contribution is 0.312. The number of nitrogens with one attached hydrogen (secondary N) is 1. The summed E-state index contributed by atoms with van der Waals surface area (Å²) < 4.78 is 5.70. The van der Waals surface area contributed by atoms with E-state index >= 15 is 0 Å². The minimum atomic E-state index is 0.501. The molecule has 1 unspecified atom stereocenters. The largest absolute Gasteiger partial charge is 0.494 e. The van der Waals surface area contributed by atoms with Crippen LogP contribution in [0.2, 0.25) is 0 Å². The summed E-state index contributed by atoms with van der Waals surface area (Å²) in [7, 11) is 0. The predicted molar refractivity (Wildman–Crippen MR) is 76.1 cm³/mol. The van der Waals surface area contributed by atoms with Gasteiger partial charge in [0.1, 0.15) is 5.75 Å². The molecule has 3 heteroatoms. The van der Waals surface area contributed by atoms with Crippen molar-refractivity contribution in [1.82, 2.24) is 5.32 Å². The van der Waals surface area contributed by atoms with Gasteiger partial charge < -0.3 is 10.1 Å². The highest BCUT2D eigenvalue weighted by atomic mass is 16.5. The highest BCUT2D eigenvalue weighted by Crippen LogP contribution is 2.32. The SMILES string of the molecule is CCNC1CCCc2cc(OCCCC#N)ccc21. The Bertz CT molecular complexity index is 451. The maximum Gasteiger partial charge on any atom is 0.119 e. The van der Waals surface area contributed by atoms with Crippen molar-refractivity contribution in [1.29, 1.82) is 5.26 Å². The molecule has 0 aromatic heterocycles. The number of benzene rings is 1. The molecule has 1 aromatic rings. The van der Waals surface area contributed by atoms with Gasteiger partial charge in [-0.1, -0.05) is 13.0 Å². The second-order valence-electron chi connectivity index (χ2n) is 4.97. The van der Waals surface area contributed by atoms with Crippen LogP contribution in [0.15, 0.2) is 18.2 Å². The van der Waals surface area contributed by atoms with Gasteiger partial charge in [-0.3, -0.25) is 0 Å². The second kappa shape index (κ2) is 7.16. The zero-order valence-electron chi connectivity index (χ0n) is 11.6. The summed E-state index contributed by atoms with van der Waals surface area (Å²) in [6, 6.07) is 9.06. The number of aryl methyl sites for hydroxylation is 1. The Hall–Kier alpha value is -1.53.